The molecular weight excluding hydrogens is 433 g/mol. The maximum Gasteiger partial charge on any atom is 0.224 e. The van der Waals surface area contributed by atoms with Crippen LogP contribution in [0, 0.1) is 5.82 Å². The number of hydrogen-bond donors (Lipinski definition) is 2. The summed E-state index contributed by atoms with van der Waals surface area (Å²) in [7, 11) is 2.94. The highest BCUT2D eigenvalue weighted by atomic mass is 19.1. The Morgan fingerprint density at radius 2 is 1.68 bits per heavy atom. The molecule has 0 spiro atoms. The van der Waals surface area contributed by atoms with E-state index in [1.54, 1.807) is 18.2 Å². The zero-order valence-corrected chi connectivity index (χ0v) is 19.3. The first-order valence-corrected chi connectivity index (χ1v) is 10.9. The Kier molecular flexibility index (Phi) is 6.68. The number of hydrogen-bond acceptors (Lipinski definition) is 4. The fourth-order valence-electron chi connectivity index (χ4n) is 4.16. The van der Waals surface area contributed by atoms with Crippen molar-refractivity contribution in [3.8, 4) is 17.2 Å². The Morgan fingerprint density at radius 1 is 1.00 bits per heavy atom. The number of carbonyl (C=O) groups is 1. The smallest absolute Gasteiger partial charge is 0.224 e. The normalized spacial score (nSPS) is 13.7. The number of allylic oxidation sites excluding steroid dienone is 2. The van der Waals surface area contributed by atoms with Gasteiger partial charge in [-0.2, -0.15) is 0 Å². The average molecular weight is 460 g/mol. The predicted molar refractivity (Wildman–Crippen MR) is 131 cm³/mol. The minimum absolute atomic E-state index is 0.0796. The number of phenols is 1. The number of carbonyl (C=O) groups excluding carboxylic acids is 1. The molecule has 3 aromatic rings. The third-order valence-corrected chi connectivity index (χ3v) is 5.94. The molecule has 34 heavy (non-hydrogen) atoms. The molecule has 3 aromatic carbocycles. The summed E-state index contributed by atoms with van der Waals surface area (Å²) in [6, 6.07) is 17.7. The second-order valence-corrected chi connectivity index (χ2v) is 8.06. The van der Waals surface area contributed by atoms with Crippen molar-refractivity contribution < 1.29 is 23.8 Å². The van der Waals surface area contributed by atoms with Crippen LogP contribution in [-0.4, -0.2) is 25.2 Å². The molecule has 6 heteroatoms. The van der Waals surface area contributed by atoms with Gasteiger partial charge in [0, 0.05) is 6.54 Å². The van der Waals surface area contributed by atoms with Gasteiger partial charge in [-0.3, -0.25) is 4.79 Å². The van der Waals surface area contributed by atoms with E-state index >= 15 is 0 Å². The van der Waals surface area contributed by atoms with Crippen LogP contribution in [0.2, 0.25) is 0 Å². The molecule has 174 valence electrons. The number of fused-ring (bicyclic) bond motifs is 1. The van der Waals surface area contributed by atoms with Gasteiger partial charge in [-0.1, -0.05) is 36.4 Å². The molecule has 0 aromatic heterocycles. The number of aromatic hydroxyl groups is 1. The summed E-state index contributed by atoms with van der Waals surface area (Å²) < 4.78 is 24.7. The van der Waals surface area contributed by atoms with Crippen molar-refractivity contribution in [2.75, 3.05) is 14.2 Å². The number of amides is 1. The van der Waals surface area contributed by atoms with Gasteiger partial charge in [-0.05, 0) is 76.2 Å². The summed E-state index contributed by atoms with van der Waals surface area (Å²) in [6.07, 6.45) is 2.06. The number of ether oxygens (including phenoxy) is 2. The van der Waals surface area contributed by atoms with E-state index in [9.17, 15) is 14.3 Å². The minimum atomic E-state index is -0.358. The van der Waals surface area contributed by atoms with E-state index in [0.29, 0.717) is 12.1 Å². The molecule has 1 aliphatic rings. The van der Waals surface area contributed by atoms with Crippen molar-refractivity contribution >= 4 is 23.1 Å². The first-order valence-electron chi connectivity index (χ1n) is 10.9. The summed E-state index contributed by atoms with van der Waals surface area (Å²) in [5, 5.41) is 13.2. The number of rotatable bonds is 7. The van der Waals surface area contributed by atoms with Crippen molar-refractivity contribution in [2.45, 2.75) is 19.9 Å². The molecule has 0 heterocycles. The van der Waals surface area contributed by atoms with Gasteiger partial charge in [0.1, 0.15) is 5.82 Å². The molecule has 1 aliphatic carbocycles. The van der Waals surface area contributed by atoms with Gasteiger partial charge in [0.15, 0.2) is 11.5 Å². The Morgan fingerprint density at radius 3 is 2.32 bits per heavy atom. The van der Waals surface area contributed by atoms with Crippen molar-refractivity contribution in [1.29, 1.82) is 0 Å². The highest BCUT2D eigenvalue weighted by Crippen LogP contribution is 2.45. The quantitative estimate of drug-likeness (QED) is 0.484. The zero-order valence-electron chi connectivity index (χ0n) is 19.3. The SMILES string of the molecule is COc1cc(C=C2C(C)=C(CC(=O)NCc3ccccc3)c3cc(F)ccc32)cc(OC)c1O. The fourth-order valence-corrected chi connectivity index (χ4v) is 4.16. The Balaban J connectivity index is 1.68. The molecule has 1 amide bonds. The molecule has 0 radical (unpaired) electrons. The summed E-state index contributed by atoms with van der Waals surface area (Å²) >= 11 is 0. The molecule has 0 unspecified atom stereocenters. The summed E-state index contributed by atoms with van der Waals surface area (Å²) in [6.45, 7) is 2.36. The van der Waals surface area contributed by atoms with E-state index in [4.69, 9.17) is 9.47 Å². The second kappa shape index (κ2) is 9.83. The molecule has 4 rings (SSSR count). The Hall–Kier alpha value is -4.06. The number of nitrogens with one attached hydrogen (secondary N) is 1. The maximum atomic E-state index is 14.2. The lowest BCUT2D eigenvalue weighted by Gasteiger charge is -2.11. The molecule has 5 nitrogen and oxygen atoms in total. The van der Waals surface area contributed by atoms with E-state index in [2.05, 4.69) is 5.32 Å². The Bertz CT molecular complexity index is 1270. The topological polar surface area (TPSA) is 67.8 Å². The van der Waals surface area contributed by atoms with E-state index in [1.807, 2.05) is 43.3 Å². The molecule has 0 fully saturated rings. The van der Waals surface area contributed by atoms with Crippen molar-refractivity contribution in [2.24, 2.45) is 0 Å². The number of benzene rings is 3. The van der Waals surface area contributed by atoms with Crippen LogP contribution in [0.4, 0.5) is 4.39 Å². The third-order valence-electron chi connectivity index (χ3n) is 5.94. The highest BCUT2D eigenvalue weighted by molar-refractivity contribution is 6.08. The summed E-state index contributed by atoms with van der Waals surface area (Å²) in [5.41, 5.74) is 5.84. The van der Waals surface area contributed by atoms with Crippen LogP contribution in [-0.2, 0) is 11.3 Å². The van der Waals surface area contributed by atoms with Crippen molar-refractivity contribution in [1.82, 2.24) is 5.32 Å². The summed E-state index contributed by atoms with van der Waals surface area (Å²) in [4.78, 5) is 12.8. The molecule has 0 saturated heterocycles. The predicted octanol–water partition coefficient (Wildman–Crippen LogP) is 5.58. The lowest BCUT2D eigenvalue weighted by molar-refractivity contribution is -0.120. The van der Waals surface area contributed by atoms with Gasteiger partial charge < -0.3 is 19.9 Å². The van der Waals surface area contributed by atoms with Gasteiger partial charge in [-0.15, -0.1) is 0 Å². The number of halogens is 1. The highest BCUT2D eigenvalue weighted by Gasteiger charge is 2.26. The van der Waals surface area contributed by atoms with Gasteiger partial charge in [-0.25, -0.2) is 4.39 Å². The average Bonchev–Trinajstić information content (AvgIpc) is 3.09. The maximum absolute atomic E-state index is 14.2. The fraction of sp³-hybridized carbons (Fsp3) is 0.179. The monoisotopic (exact) mass is 459 g/mol. The molecule has 0 atom stereocenters. The standard InChI is InChI=1S/C28H26FNO4/c1-17-22(11-19-12-25(33-2)28(32)26(13-19)34-3)21-10-9-20(29)14-24(21)23(17)15-27(31)30-16-18-7-5-4-6-8-18/h4-14,32H,15-16H2,1-3H3,(H,30,31). The lowest BCUT2D eigenvalue weighted by atomic mass is 10.00. The number of methoxy groups -OCH3 is 2. The lowest BCUT2D eigenvalue weighted by Crippen LogP contribution is -2.22. The van der Waals surface area contributed by atoms with E-state index < -0.39 is 0 Å². The number of phenolic OH excluding ortho intramolecular Hbond substituents is 1. The van der Waals surface area contributed by atoms with Crippen LogP contribution in [0.1, 0.15) is 35.6 Å². The van der Waals surface area contributed by atoms with Crippen LogP contribution in [0.3, 0.4) is 0 Å². The minimum Gasteiger partial charge on any atom is -0.502 e. The van der Waals surface area contributed by atoms with Crippen LogP contribution < -0.4 is 14.8 Å². The summed E-state index contributed by atoms with van der Waals surface area (Å²) in [5.74, 6) is -0.00831. The van der Waals surface area contributed by atoms with Crippen LogP contribution in [0.15, 0.2) is 66.2 Å². The molecule has 0 bridgehead atoms. The van der Waals surface area contributed by atoms with Crippen LogP contribution in [0.5, 0.6) is 17.2 Å². The molecule has 0 aliphatic heterocycles. The largest absolute Gasteiger partial charge is 0.502 e. The van der Waals surface area contributed by atoms with Crippen LogP contribution >= 0.6 is 0 Å². The molecule has 0 saturated carbocycles. The van der Waals surface area contributed by atoms with Crippen molar-refractivity contribution in [3.05, 3.63) is 94.3 Å². The first-order chi connectivity index (χ1) is 16.4. The van der Waals surface area contributed by atoms with Crippen molar-refractivity contribution in [3.63, 3.8) is 0 Å². The molecular formula is C28H26FNO4. The first kappa shape index (κ1) is 23.1. The Labute approximate surface area is 198 Å². The second-order valence-electron chi connectivity index (χ2n) is 8.06. The van der Waals surface area contributed by atoms with Gasteiger partial charge in [0.25, 0.3) is 0 Å². The van der Waals surface area contributed by atoms with Crippen LogP contribution in [0.25, 0.3) is 17.2 Å². The van der Waals surface area contributed by atoms with E-state index in [-0.39, 0.29) is 35.4 Å². The van der Waals surface area contributed by atoms with Gasteiger partial charge >= 0.3 is 0 Å². The van der Waals surface area contributed by atoms with E-state index in [0.717, 1.165) is 33.4 Å². The van der Waals surface area contributed by atoms with Gasteiger partial charge in [0.2, 0.25) is 11.7 Å². The van der Waals surface area contributed by atoms with Gasteiger partial charge in [0.05, 0.1) is 20.6 Å². The van der Waals surface area contributed by atoms with E-state index in [1.165, 1.54) is 26.4 Å². The zero-order chi connectivity index (χ0) is 24.2. The third kappa shape index (κ3) is 4.66. The molecule has 2 N–H and O–H groups in total.